The standard InChI is InChI=1S/C23H34O3/c1-6-22(24)11-9-19-20-15(2)13-16-14-23(25-4,26-5)12-8-17(16)18(20)7-10-21(19,22)3/h1,15,18-20,24H,7-14H2,2-5H3/t15-,18-,19+,20-,21+,22-/m1/s1. The van der Waals surface area contributed by atoms with Crippen molar-refractivity contribution in [1.29, 1.82) is 0 Å². The third-order valence-electron chi connectivity index (χ3n) is 8.85. The molecule has 144 valence electrons. The molecule has 0 bridgehead atoms. The molecule has 3 nitrogen and oxygen atoms in total. The lowest BCUT2D eigenvalue weighted by Crippen LogP contribution is -2.53. The number of fused-ring (bicyclic) bond motifs is 4. The summed E-state index contributed by atoms with van der Waals surface area (Å²) in [7, 11) is 3.55. The van der Waals surface area contributed by atoms with Crippen LogP contribution < -0.4 is 0 Å². The molecule has 4 rings (SSSR count). The summed E-state index contributed by atoms with van der Waals surface area (Å²) in [5.41, 5.74) is 2.25. The van der Waals surface area contributed by atoms with Gasteiger partial charge in [-0.2, -0.15) is 0 Å². The summed E-state index contributed by atoms with van der Waals surface area (Å²) in [5, 5.41) is 11.1. The van der Waals surface area contributed by atoms with Crippen LogP contribution in [-0.4, -0.2) is 30.7 Å². The van der Waals surface area contributed by atoms with Gasteiger partial charge in [0, 0.05) is 32.5 Å². The molecule has 1 N–H and O–H groups in total. The summed E-state index contributed by atoms with van der Waals surface area (Å²) in [6, 6.07) is 0. The summed E-state index contributed by atoms with van der Waals surface area (Å²) < 4.78 is 11.5. The van der Waals surface area contributed by atoms with Gasteiger partial charge in [0.15, 0.2) is 5.79 Å². The second kappa shape index (κ2) is 6.09. The quantitative estimate of drug-likeness (QED) is 0.454. The molecule has 0 aromatic carbocycles. The van der Waals surface area contributed by atoms with Crippen molar-refractivity contribution in [2.45, 2.75) is 76.6 Å². The minimum atomic E-state index is -0.912. The van der Waals surface area contributed by atoms with Gasteiger partial charge in [0.25, 0.3) is 0 Å². The third-order valence-corrected chi connectivity index (χ3v) is 8.85. The van der Waals surface area contributed by atoms with Crippen LogP contribution in [0, 0.1) is 41.4 Å². The molecule has 2 saturated carbocycles. The van der Waals surface area contributed by atoms with Crippen LogP contribution in [0.2, 0.25) is 0 Å². The number of rotatable bonds is 2. The van der Waals surface area contributed by atoms with Crippen molar-refractivity contribution in [3.63, 3.8) is 0 Å². The summed E-state index contributed by atoms with van der Waals surface area (Å²) in [4.78, 5) is 0. The van der Waals surface area contributed by atoms with E-state index in [1.54, 1.807) is 25.4 Å². The normalized spacial score (nSPS) is 46.9. The lowest BCUT2D eigenvalue weighted by atomic mass is 9.50. The van der Waals surface area contributed by atoms with E-state index in [0.29, 0.717) is 23.7 Å². The Balaban J connectivity index is 1.67. The Morgan fingerprint density at radius 2 is 1.88 bits per heavy atom. The van der Waals surface area contributed by atoms with Gasteiger partial charge in [-0.3, -0.25) is 0 Å². The number of hydrogen-bond donors (Lipinski definition) is 1. The zero-order valence-electron chi connectivity index (χ0n) is 16.8. The van der Waals surface area contributed by atoms with Crippen molar-refractivity contribution in [1.82, 2.24) is 0 Å². The van der Waals surface area contributed by atoms with Gasteiger partial charge < -0.3 is 14.6 Å². The van der Waals surface area contributed by atoms with Crippen LogP contribution in [0.25, 0.3) is 0 Å². The Kier molecular flexibility index (Phi) is 4.34. The van der Waals surface area contributed by atoms with Crippen LogP contribution in [0.1, 0.15) is 65.2 Å². The van der Waals surface area contributed by atoms with E-state index < -0.39 is 11.4 Å². The summed E-state index contributed by atoms with van der Waals surface area (Å²) in [6.07, 6.45) is 13.9. The molecule has 6 atom stereocenters. The SMILES string of the molecule is C#C[C@@]1(O)CC[C@H]2[C@@H]3[C@H](C)CC4=C(CCC(OC)(OC)C4)[C@H]3CC[C@@]21C. The molecule has 3 heteroatoms. The van der Waals surface area contributed by atoms with E-state index in [4.69, 9.17) is 15.9 Å². The summed E-state index contributed by atoms with van der Waals surface area (Å²) in [6.45, 7) is 4.68. The molecule has 4 aliphatic rings. The first kappa shape index (κ1) is 18.5. The van der Waals surface area contributed by atoms with E-state index >= 15 is 0 Å². The van der Waals surface area contributed by atoms with Gasteiger partial charge in [-0.1, -0.05) is 30.9 Å². The predicted molar refractivity (Wildman–Crippen MR) is 102 cm³/mol. The topological polar surface area (TPSA) is 38.7 Å². The molecular weight excluding hydrogens is 324 g/mol. The maximum Gasteiger partial charge on any atom is 0.171 e. The summed E-state index contributed by atoms with van der Waals surface area (Å²) in [5.74, 6) is 4.86. The molecule has 0 aromatic rings. The van der Waals surface area contributed by atoms with E-state index in [-0.39, 0.29) is 5.41 Å². The van der Waals surface area contributed by atoms with Gasteiger partial charge in [-0.05, 0) is 62.2 Å². The number of terminal acetylenes is 1. The van der Waals surface area contributed by atoms with Crippen molar-refractivity contribution in [2.24, 2.45) is 29.1 Å². The fourth-order valence-electron chi connectivity index (χ4n) is 7.29. The van der Waals surface area contributed by atoms with E-state index in [1.807, 2.05) is 0 Å². The number of aliphatic hydroxyl groups is 1. The molecule has 0 spiro atoms. The highest BCUT2D eigenvalue weighted by Crippen LogP contribution is 2.65. The van der Waals surface area contributed by atoms with Gasteiger partial charge in [0.2, 0.25) is 0 Å². The lowest BCUT2D eigenvalue weighted by Gasteiger charge is -2.56. The fraction of sp³-hybridized carbons (Fsp3) is 0.826. The van der Waals surface area contributed by atoms with Gasteiger partial charge in [0.05, 0.1) is 0 Å². The Morgan fingerprint density at radius 3 is 2.54 bits per heavy atom. The monoisotopic (exact) mass is 358 g/mol. The largest absolute Gasteiger partial charge is 0.377 e. The Labute approximate surface area is 158 Å². The minimum Gasteiger partial charge on any atom is -0.377 e. The minimum absolute atomic E-state index is 0.118. The second-order valence-corrected chi connectivity index (χ2v) is 9.60. The van der Waals surface area contributed by atoms with Crippen molar-refractivity contribution in [3.05, 3.63) is 11.1 Å². The van der Waals surface area contributed by atoms with Gasteiger partial charge >= 0.3 is 0 Å². The van der Waals surface area contributed by atoms with Crippen molar-refractivity contribution in [3.8, 4) is 12.3 Å². The van der Waals surface area contributed by atoms with E-state index in [1.165, 1.54) is 0 Å². The van der Waals surface area contributed by atoms with Crippen LogP contribution in [0.4, 0.5) is 0 Å². The molecule has 0 saturated heterocycles. The zero-order chi connectivity index (χ0) is 18.7. The van der Waals surface area contributed by atoms with Gasteiger partial charge in [0.1, 0.15) is 5.60 Å². The molecule has 4 aliphatic carbocycles. The van der Waals surface area contributed by atoms with Crippen LogP contribution in [0.3, 0.4) is 0 Å². The van der Waals surface area contributed by atoms with Crippen molar-refractivity contribution >= 4 is 0 Å². The molecule has 26 heavy (non-hydrogen) atoms. The highest BCUT2D eigenvalue weighted by molar-refractivity contribution is 5.31. The average Bonchev–Trinajstić information content (AvgIpc) is 2.93. The van der Waals surface area contributed by atoms with Crippen LogP contribution in [-0.2, 0) is 9.47 Å². The summed E-state index contributed by atoms with van der Waals surface area (Å²) >= 11 is 0. The molecule has 0 aromatic heterocycles. The first-order chi connectivity index (χ1) is 12.3. The van der Waals surface area contributed by atoms with Crippen molar-refractivity contribution in [2.75, 3.05) is 14.2 Å². The number of allylic oxidation sites excluding steroid dienone is 1. The molecular formula is C23H34O3. The van der Waals surface area contributed by atoms with E-state index in [0.717, 1.165) is 51.4 Å². The lowest BCUT2D eigenvalue weighted by molar-refractivity contribution is -0.214. The smallest absolute Gasteiger partial charge is 0.171 e. The molecule has 0 aliphatic heterocycles. The average molecular weight is 359 g/mol. The molecule has 0 heterocycles. The highest BCUT2D eigenvalue weighted by Gasteiger charge is 2.62. The highest BCUT2D eigenvalue weighted by atomic mass is 16.7. The van der Waals surface area contributed by atoms with E-state index in [2.05, 4.69) is 19.8 Å². The Morgan fingerprint density at radius 1 is 1.15 bits per heavy atom. The molecule has 0 unspecified atom stereocenters. The second-order valence-electron chi connectivity index (χ2n) is 9.60. The van der Waals surface area contributed by atoms with Gasteiger partial charge in [-0.25, -0.2) is 0 Å². The van der Waals surface area contributed by atoms with Crippen LogP contribution in [0.15, 0.2) is 11.1 Å². The molecule has 2 fully saturated rings. The number of hydrogen-bond acceptors (Lipinski definition) is 3. The van der Waals surface area contributed by atoms with E-state index in [9.17, 15) is 5.11 Å². The molecule has 0 radical (unpaired) electrons. The zero-order valence-corrected chi connectivity index (χ0v) is 16.8. The molecule has 0 amide bonds. The number of ether oxygens (including phenoxy) is 2. The first-order valence-electron chi connectivity index (χ1n) is 10.3. The van der Waals surface area contributed by atoms with Crippen molar-refractivity contribution < 1.29 is 14.6 Å². The van der Waals surface area contributed by atoms with Crippen LogP contribution >= 0.6 is 0 Å². The Bertz CT molecular complexity index is 655. The Hall–Kier alpha value is -0.820. The van der Waals surface area contributed by atoms with Crippen LogP contribution in [0.5, 0.6) is 0 Å². The maximum absolute atomic E-state index is 11.1. The predicted octanol–water partition coefficient (Wildman–Crippen LogP) is 4.30. The first-order valence-corrected chi connectivity index (χ1v) is 10.3. The van der Waals surface area contributed by atoms with Gasteiger partial charge in [-0.15, -0.1) is 6.42 Å². The maximum atomic E-state index is 11.1. The number of methoxy groups -OCH3 is 2. The fourth-order valence-corrected chi connectivity index (χ4v) is 7.29. The third kappa shape index (κ3) is 2.32.